The molecule has 1 unspecified atom stereocenters. The van der Waals surface area contributed by atoms with Gasteiger partial charge in [0, 0.05) is 12.6 Å². The van der Waals surface area contributed by atoms with Gasteiger partial charge in [0.25, 0.3) is 0 Å². The van der Waals surface area contributed by atoms with Crippen molar-refractivity contribution in [1.29, 1.82) is 0 Å². The van der Waals surface area contributed by atoms with Gasteiger partial charge in [0.15, 0.2) is 0 Å². The predicted octanol–water partition coefficient (Wildman–Crippen LogP) is 2.46. The van der Waals surface area contributed by atoms with Crippen LogP contribution in [0.1, 0.15) is 41.5 Å². The lowest BCUT2D eigenvalue weighted by Crippen LogP contribution is -2.46. The summed E-state index contributed by atoms with van der Waals surface area (Å²) >= 11 is 0. The first-order valence-electron chi connectivity index (χ1n) is 5.42. The van der Waals surface area contributed by atoms with Gasteiger partial charge in [-0.3, -0.25) is 4.79 Å². The van der Waals surface area contributed by atoms with Gasteiger partial charge in [-0.2, -0.15) is 0 Å². The summed E-state index contributed by atoms with van der Waals surface area (Å²) in [6.45, 7) is 12.7. The summed E-state index contributed by atoms with van der Waals surface area (Å²) in [6.07, 6.45) is 0. The van der Waals surface area contributed by atoms with Crippen molar-refractivity contribution in [3.63, 3.8) is 0 Å². The lowest BCUT2D eigenvalue weighted by Gasteiger charge is -2.38. The second kappa shape index (κ2) is 4.52. The highest BCUT2D eigenvalue weighted by Crippen LogP contribution is 2.26. The third-order valence-electron chi connectivity index (χ3n) is 3.14. The molecule has 0 heterocycles. The van der Waals surface area contributed by atoms with Crippen LogP contribution in [0.3, 0.4) is 0 Å². The van der Waals surface area contributed by atoms with E-state index in [1.807, 2.05) is 7.05 Å². The van der Waals surface area contributed by atoms with E-state index in [2.05, 4.69) is 32.6 Å². The highest BCUT2D eigenvalue weighted by atomic mass is 16.4. The minimum absolute atomic E-state index is 0.170. The van der Waals surface area contributed by atoms with Gasteiger partial charge in [0.1, 0.15) is 0 Å². The molecule has 0 spiro atoms. The number of aliphatic carboxylic acids is 1. The first-order chi connectivity index (χ1) is 6.48. The fourth-order valence-electron chi connectivity index (χ4n) is 1.49. The fourth-order valence-corrected chi connectivity index (χ4v) is 1.49. The first kappa shape index (κ1) is 14.4. The molecule has 90 valence electrons. The molecule has 0 rings (SSSR count). The topological polar surface area (TPSA) is 40.5 Å². The number of hydrogen-bond donors (Lipinski definition) is 1. The van der Waals surface area contributed by atoms with Gasteiger partial charge in [-0.25, -0.2) is 0 Å². The van der Waals surface area contributed by atoms with Crippen LogP contribution in [0.15, 0.2) is 0 Å². The molecule has 3 nitrogen and oxygen atoms in total. The Bertz CT molecular complexity index is 228. The van der Waals surface area contributed by atoms with E-state index in [4.69, 9.17) is 5.11 Å². The van der Waals surface area contributed by atoms with Crippen molar-refractivity contribution < 1.29 is 9.90 Å². The fraction of sp³-hybridized carbons (Fsp3) is 0.917. The van der Waals surface area contributed by atoms with E-state index in [-0.39, 0.29) is 5.41 Å². The summed E-state index contributed by atoms with van der Waals surface area (Å²) in [5.74, 6) is -0.740. The first-order valence-corrected chi connectivity index (χ1v) is 5.42. The van der Waals surface area contributed by atoms with Crippen LogP contribution in [0.5, 0.6) is 0 Å². The average molecular weight is 215 g/mol. The monoisotopic (exact) mass is 215 g/mol. The molecule has 0 saturated heterocycles. The number of carboxylic acid groups (broad SMARTS) is 1. The molecule has 0 aromatic carbocycles. The second-order valence-electron chi connectivity index (χ2n) is 6.15. The Morgan fingerprint density at radius 1 is 1.27 bits per heavy atom. The third kappa shape index (κ3) is 4.20. The van der Waals surface area contributed by atoms with Gasteiger partial charge < -0.3 is 10.0 Å². The van der Waals surface area contributed by atoms with Gasteiger partial charge in [0.2, 0.25) is 0 Å². The summed E-state index contributed by atoms with van der Waals surface area (Å²) in [5.41, 5.74) is -0.516. The molecule has 0 aromatic heterocycles. The number of nitrogens with zero attached hydrogens (tertiary/aromatic N) is 1. The molecule has 0 bridgehead atoms. The van der Waals surface area contributed by atoms with E-state index in [0.29, 0.717) is 12.6 Å². The molecule has 0 aliphatic carbocycles. The Kier molecular flexibility index (Phi) is 4.35. The zero-order chi connectivity index (χ0) is 12.4. The third-order valence-corrected chi connectivity index (χ3v) is 3.14. The maximum absolute atomic E-state index is 11.0. The lowest BCUT2D eigenvalue weighted by molar-refractivity contribution is -0.148. The van der Waals surface area contributed by atoms with Crippen LogP contribution in [-0.4, -0.2) is 35.6 Å². The quantitative estimate of drug-likeness (QED) is 0.783. The van der Waals surface area contributed by atoms with Crippen LogP contribution in [0.4, 0.5) is 0 Å². The van der Waals surface area contributed by atoms with Crippen molar-refractivity contribution >= 4 is 5.97 Å². The summed E-state index contributed by atoms with van der Waals surface area (Å²) in [4.78, 5) is 13.1. The smallest absolute Gasteiger partial charge is 0.310 e. The molecule has 15 heavy (non-hydrogen) atoms. The van der Waals surface area contributed by atoms with Crippen LogP contribution < -0.4 is 0 Å². The second-order valence-corrected chi connectivity index (χ2v) is 6.15. The molecule has 1 atom stereocenters. The summed E-state index contributed by atoms with van der Waals surface area (Å²) in [7, 11) is 1.99. The van der Waals surface area contributed by atoms with Crippen molar-refractivity contribution in [3.05, 3.63) is 0 Å². The van der Waals surface area contributed by atoms with Crippen molar-refractivity contribution in [2.75, 3.05) is 13.6 Å². The molecule has 1 N–H and O–H groups in total. The van der Waals surface area contributed by atoms with Crippen molar-refractivity contribution in [3.8, 4) is 0 Å². The maximum atomic E-state index is 11.0. The van der Waals surface area contributed by atoms with Crippen molar-refractivity contribution in [2.24, 2.45) is 10.8 Å². The normalized spacial score (nSPS) is 15.5. The summed E-state index contributed by atoms with van der Waals surface area (Å²) in [6, 6.07) is 0.358. The van der Waals surface area contributed by atoms with Gasteiger partial charge >= 0.3 is 5.97 Å². The van der Waals surface area contributed by atoms with E-state index in [1.165, 1.54) is 0 Å². The van der Waals surface area contributed by atoms with Gasteiger partial charge in [0.05, 0.1) is 5.41 Å². The van der Waals surface area contributed by atoms with Gasteiger partial charge in [-0.05, 0) is 33.2 Å². The predicted molar refractivity (Wildman–Crippen MR) is 63.0 cm³/mol. The zero-order valence-electron chi connectivity index (χ0n) is 11.1. The highest BCUT2D eigenvalue weighted by molar-refractivity contribution is 5.73. The van der Waals surface area contributed by atoms with Crippen molar-refractivity contribution in [1.82, 2.24) is 4.90 Å². The molecule has 0 amide bonds. The Hall–Kier alpha value is -0.570. The number of hydrogen-bond acceptors (Lipinski definition) is 2. The SMILES string of the molecule is CC(N(C)CC(C)(C)C(=O)O)C(C)(C)C. The van der Waals surface area contributed by atoms with Crippen LogP contribution in [-0.2, 0) is 4.79 Å². The molecule has 3 heteroatoms. The van der Waals surface area contributed by atoms with Crippen LogP contribution in [0.2, 0.25) is 0 Å². The number of carboxylic acids is 1. The summed E-state index contributed by atoms with van der Waals surface area (Å²) < 4.78 is 0. The minimum Gasteiger partial charge on any atom is -0.481 e. The van der Waals surface area contributed by atoms with E-state index in [1.54, 1.807) is 13.8 Å². The van der Waals surface area contributed by atoms with Gasteiger partial charge in [-0.15, -0.1) is 0 Å². The van der Waals surface area contributed by atoms with Crippen LogP contribution in [0, 0.1) is 10.8 Å². The maximum Gasteiger partial charge on any atom is 0.310 e. The van der Waals surface area contributed by atoms with Gasteiger partial charge in [-0.1, -0.05) is 20.8 Å². The number of carbonyl (C=O) groups is 1. The van der Waals surface area contributed by atoms with E-state index in [0.717, 1.165) is 0 Å². The van der Waals surface area contributed by atoms with Crippen LogP contribution in [0.25, 0.3) is 0 Å². The van der Waals surface area contributed by atoms with E-state index in [9.17, 15) is 4.79 Å². The molecule has 0 saturated carbocycles. The molecule has 0 radical (unpaired) electrons. The highest BCUT2D eigenvalue weighted by Gasteiger charge is 2.32. The van der Waals surface area contributed by atoms with E-state index >= 15 is 0 Å². The number of rotatable bonds is 4. The molecule has 0 aliphatic rings. The Balaban J connectivity index is 4.50. The standard InChI is InChI=1S/C12H25NO2/c1-9(11(2,3)4)13(7)8-12(5,6)10(14)15/h9H,8H2,1-7H3,(H,14,15). The zero-order valence-corrected chi connectivity index (χ0v) is 11.1. The molecule has 0 fully saturated rings. The largest absolute Gasteiger partial charge is 0.481 e. The Labute approximate surface area is 93.5 Å². The lowest BCUT2D eigenvalue weighted by atomic mass is 9.85. The minimum atomic E-state index is -0.740. The molecule has 0 aliphatic heterocycles. The van der Waals surface area contributed by atoms with Crippen molar-refractivity contribution in [2.45, 2.75) is 47.6 Å². The molecular weight excluding hydrogens is 190 g/mol. The summed E-state index contributed by atoms with van der Waals surface area (Å²) in [5, 5.41) is 9.05. The Morgan fingerprint density at radius 3 is 1.93 bits per heavy atom. The van der Waals surface area contributed by atoms with Crippen LogP contribution >= 0.6 is 0 Å². The average Bonchev–Trinajstić information content (AvgIpc) is 2.00. The Morgan fingerprint density at radius 2 is 1.67 bits per heavy atom. The molecular formula is C12H25NO2. The van der Waals surface area contributed by atoms with E-state index < -0.39 is 11.4 Å². The molecule has 0 aromatic rings.